The van der Waals surface area contributed by atoms with Gasteiger partial charge >= 0.3 is 0 Å². The van der Waals surface area contributed by atoms with E-state index in [4.69, 9.17) is 0 Å². The summed E-state index contributed by atoms with van der Waals surface area (Å²) in [4.78, 5) is 4.29. The summed E-state index contributed by atoms with van der Waals surface area (Å²) >= 11 is 0. The fourth-order valence-corrected chi connectivity index (χ4v) is 1.20. The van der Waals surface area contributed by atoms with E-state index in [-0.39, 0.29) is 0 Å². The van der Waals surface area contributed by atoms with Crippen molar-refractivity contribution in [1.82, 2.24) is 10.3 Å². The molecule has 0 spiro atoms. The Morgan fingerprint density at radius 2 is 2.21 bits per heavy atom. The predicted octanol–water partition coefficient (Wildman–Crippen LogP) is 2.01. The third kappa shape index (κ3) is 3.75. The fraction of sp³-hybridized carbons (Fsp3) is 0.545. The molecule has 0 aliphatic carbocycles. The molecule has 0 bridgehead atoms. The quantitative estimate of drug-likeness (QED) is 0.751. The van der Waals surface area contributed by atoms with Crippen molar-refractivity contribution in [3.63, 3.8) is 0 Å². The van der Waals surface area contributed by atoms with E-state index in [0.29, 0.717) is 6.04 Å². The average molecular weight is 193 g/mol. The highest BCUT2D eigenvalue weighted by Crippen LogP contribution is 2.07. The standard InChI is InChI=1S/C11H19N3/c1-4-12-10-5-6-13-11(7-10)8-14-9(2)3/h5-7,9,14H,4,8H2,1-3H3,(H,12,13). The first kappa shape index (κ1) is 11.0. The van der Waals surface area contributed by atoms with Crippen LogP contribution < -0.4 is 10.6 Å². The molecule has 1 heterocycles. The van der Waals surface area contributed by atoms with Crippen molar-refractivity contribution in [3.8, 4) is 0 Å². The molecular weight excluding hydrogens is 174 g/mol. The summed E-state index contributed by atoms with van der Waals surface area (Å²) < 4.78 is 0. The van der Waals surface area contributed by atoms with E-state index in [0.717, 1.165) is 24.5 Å². The monoisotopic (exact) mass is 193 g/mol. The van der Waals surface area contributed by atoms with Gasteiger partial charge in [-0.15, -0.1) is 0 Å². The average Bonchev–Trinajstić information content (AvgIpc) is 2.16. The maximum Gasteiger partial charge on any atom is 0.0562 e. The number of anilines is 1. The summed E-state index contributed by atoms with van der Waals surface area (Å²) in [6, 6.07) is 4.57. The number of hydrogen-bond donors (Lipinski definition) is 2. The Morgan fingerprint density at radius 3 is 2.86 bits per heavy atom. The van der Waals surface area contributed by atoms with Gasteiger partial charge in [0.15, 0.2) is 0 Å². The van der Waals surface area contributed by atoms with Gasteiger partial charge in [0.05, 0.1) is 5.69 Å². The molecule has 1 aromatic heterocycles. The van der Waals surface area contributed by atoms with E-state index in [1.165, 1.54) is 0 Å². The molecule has 0 fully saturated rings. The summed E-state index contributed by atoms with van der Waals surface area (Å²) in [6.45, 7) is 8.13. The molecule has 1 rings (SSSR count). The van der Waals surface area contributed by atoms with E-state index < -0.39 is 0 Å². The van der Waals surface area contributed by atoms with Gasteiger partial charge in [0.1, 0.15) is 0 Å². The molecule has 0 aliphatic rings. The molecule has 0 aliphatic heterocycles. The van der Waals surface area contributed by atoms with Gasteiger partial charge in [0.25, 0.3) is 0 Å². The van der Waals surface area contributed by atoms with Crippen LogP contribution in [0.4, 0.5) is 5.69 Å². The smallest absolute Gasteiger partial charge is 0.0562 e. The highest BCUT2D eigenvalue weighted by atomic mass is 14.9. The van der Waals surface area contributed by atoms with Crippen molar-refractivity contribution >= 4 is 5.69 Å². The molecule has 0 radical (unpaired) electrons. The van der Waals surface area contributed by atoms with E-state index >= 15 is 0 Å². The first-order valence-corrected chi connectivity index (χ1v) is 5.14. The molecule has 1 aromatic rings. The lowest BCUT2D eigenvalue weighted by molar-refractivity contribution is 0.581. The maximum absolute atomic E-state index is 4.29. The number of rotatable bonds is 5. The van der Waals surface area contributed by atoms with Gasteiger partial charge in [-0.2, -0.15) is 0 Å². The van der Waals surface area contributed by atoms with Crippen molar-refractivity contribution in [2.45, 2.75) is 33.4 Å². The number of nitrogens with zero attached hydrogens (tertiary/aromatic N) is 1. The van der Waals surface area contributed by atoms with E-state index in [9.17, 15) is 0 Å². The molecule has 0 aromatic carbocycles. The van der Waals surface area contributed by atoms with Gasteiger partial charge in [-0.25, -0.2) is 0 Å². The first-order chi connectivity index (χ1) is 6.72. The molecule has 3 heteroatoms. The maximum atomic E-state index is 4.29. The van der Waals surface area contributed by atoms with Crippen molar-refractivity contribution in [2.75, 3.05) is 11.9 Å². The van der Waals surface area contributed by atoms with Gasteiger partial charge in [-0.05, 0) is 19.1 Å². The summed E-state index contributed by atoms with van der Waals surface area (Å²) in [5.74, 6) is 0. The Kier molecular flexibility index (Phi) is 4.40. The van der Waals surface area contributed by atoms with Crippen LogP contribution in [0, 0.1) is 0 Å². The van der Waals surface area contributed by atoms with Crippen LogP contribution in [-0.4, -0.2) is 17.6 Å². The van der Waals surface area contributed by atoms with Gasteiger partial charge in [-0.1, -0.05) is 13.8 Å². The van der Waals surface area contributed by atoms with Crippen LogP contribution in [0.1, 0.15) is 26.5 Å². The largest absolute Gasteiger partial charge is 0.385 e. The van der Waals surface area contributed by atoms with Crippen molar-refractivity contribution in [1.29, 1.82) is 0 Å². The molecule has 0 amide bonds. The third-order valence-electron chi connectivity index (χ3n) is 1.89. The fourth-order valence-electron chi connectivity index (χ4n) is 1.20. The molecule has 2 N–H and O–H groups in total. The SMILES string of the molecule is CCNc1ccnc(CNC(C)C)c1. The lowest BCUT2D eigenvalue weighted by Crippen LogP contribution is -2.22. The highest BCUT2D eigenvalue weighted by Gasteiger charge is 1.97. The number of hydrogen-bond acceptors (Lipinski definition) is 3. The second-order valence-corrected chi connectivity index (χ2v) is 3.60. The summed E-state index contributed by atoms with van der Waals surface area (Å²) in [5, 5.41) is 6.61. The van der Waals surface area contributed by atoms with Crippen LogP contribution in [0.5, 0.6) is 0 Å². The highest BCUT2D eigenvalue weighted by molar-refractivity contribution is 5.42. The van der Waals surface area contributed by atoms with Gasteiger partial charge in [-0.3, -0.25) is 4.98 Å². The Bertz CT molecular complexity index is 271. The number of nitrogens with one attached hydrogen (secondary N) is 2. The zero-order valence-electron chi connectivity index (χ0n) is 9.17. The molecule has 78 valence electrons. The predicted molar refractivity (Wildman–Crippen MR) is 60.4 cm³/mol. The van der Waals surface area contributed by atoms with Crippen molar-refractivity contribution in [2.24, 2.45) is 0 Å². The second-order valence-electron chi connectivity index (χ2n) is 3.60. The minimum atomic E-state index is 0.500. The molecule has 0 unspecified atom stereocenters. The molecule has 0 saturated carbocycles. The van der Waals surface area contributed by atoms with E-state index in [1.807, 2.05) is 12.3 Å². The van der Waals surface area contributed by atoms with Gasteiger partial charge in [0.2, 0.25) is 0 Å². The normalized spacial score (nSPS) is 10.6. The molecule has 0 saturated heterocycles. The number of pyridine rings is 1. The van der Waals surface area contributed by atoms with E-state index in [1.54, 1.807) is 0 Å². The summed E-state index contributed by atoms with van der Waals surface area (Å²) in [6.07, 6.45) is 1.84. The first-order valence-electron chi connectivity index (χ1n) is 5.14. The van der Waals surface area contributed by atoms with Crippen LogP contribution in [-0.2, 0) is 6.54 Å². The van der Waals surface area contributed by atoms with Crippen LogP contribution >= 0.6 is 0 Å². The Hall–Kier alpha value is -1.09. The Morgan fingerprint density at radius 1 is 1.43 bits per heavy atom. The summed E-state index contributed by atoms with van der Waals surface area (Å²) in [7, 11) is 0. The second kappa shape index (κ2) is 5.60. The van der Waals surface area contributed by atoms with Crippen LogP contribution in [0.25, 0.3) is 0 Å². The minimum absolute atomic E-state index is 0.500. The topological polar surface area (TPSA) is 37.0 Å². The molecule has 0 atom stereocenters. The zero-order valence-corrected chi connectivity index (χ0v) is 9.17. The summed E-state index contributed by atoms with van der Waals surface area (Å²) in [5.41, 5.74) is 2.22. The van der Waals surface area contributed by atoms with Crippen LogP contribution in [0.2, 0.25) is 0 Å². The Labute approximate surface area is 85.9 Å². The Balaban J connectivity index is 2.54. The van der Waals surface area contributed by atoms with Crippen molar-refractivity contribution < 1.29 is 0 Å². The zero-order chi connectivity index (χ0) is 10.4. The van der Waals surface area contributed by atoms with E-state index in [2.05, 4.69) is 42.5 Å². The minimum Gasteiger partial charge on any atom is -0.385 e. The van der Waals surface area contributed by atoms with Gasteiger partial charge in [0, 0.05) is 31.0 Å². The lowest BCUT2D eigenvalue weighted by Gasteiger charge is -2.09. The molecular formula is C11H19N3. The van der Waals surface area contributed by atoms with Crippen molar-refractivity contribution in [3.05, 3.63) is 24.0 Å². The van der Waals surface area contributed by atoms with Crippen LogP contribution in [0.15, 0.2) is 18.3 Å². The lowest BCUT2D eigenvalue weighted by atomic mass is 10.3. The molecule has 3 nitrogen and oxygen atoms in total. The van der Waals surface area contributed by atoms with Gasteiger partial charge < -0.3 is 10.6 Å². The third-order valence-corrected chi connectivity index (χ3v) is 1.89. The van der Waals surface area contributed by atoms with Crippen LogP contribution in [0.3, 0.4) is 0 Å². The molecule has 14 heavy (non-hydrogen) atoms. The number of aromatic nitrogens is 1.